The third kappa shape index (κ3) is 2.70. The van der Waals surface area contributed by atoms with E-state index in [2.05, 4.69) is 14.8 Å². The van der Waals surface area contributed by atoms with Crippen LogP contribution in [-0.2, 0) is 0 Å². The first-order valence-electron chi connectivity index (χ1n) is 6.04. The van der Waals surface area contributed by atoms with Gasteiger partial charge in [0, 0.05) is 27.2 Å². The van der Waals surface area contributed by atoms with E-state index in [4.69, 9.17) is 5.73 Å². The van der Waals surface area contributed by atoms with Crippen LogP contribution in [0.5, 0.6) is 0 Å². The minimum absolute atomic E-state index is 0.728. The maximum Gasteiger partial charge on any atom is 0.201 e. The molecular weight excluding hydrogens is 212 g/mol. The molecule has 0 bridgehead atoms. The molecule has 17 heavy (non-hydrogen) atoms. The number of hydrogen-bond donors (Lipinski definition) is 1. The second-order valence-corrected chi connectivity index (χ2v) is 4.56. The molecule has 0 spiro atoms. The Morgan fingerprint density at radius 2 is 1.88 bits per heavy atom. The van der Waals surface area contributed by atoms with Gasteiger partial charge in [-0.25, -0.2) is 4.99 Å². The van der Waals surface area contributed by atoms with Crippen molar-refractivity contribution in [2.24, 2.45) is 4.99 Å². The number of para-hydroxylation sites is 2. The largest absolute Gasteiger partial charge is 0.397 e. The zero-order chi connectivity index (χ0) is 12.3. The molecule has 0 radical (unpaired) electrons. The van der Waals surface area contributed by atoms with E-state index in [0.29, 0.717) is 0 Å². The van der Waals surface area contributed by atoms with Gasteiger partial charge in [0.25, 0.3) is 0 Å². The highest BCUT2D eigenvalue weighted by Gasteiger charge is 2.18. The van der Waals surface area contributed by atoms with Crippen LogP contribution >= 0.6 is 0 Å². The average Bonchev–Trinajstić information content (AvgIpc) is 2.81. The Morgan fingerprint density at radius 1 is 1.24 bits per heavy atom. The lowest BCUT2D eigenvalue weighted by Gasteiger charge is -2.25. The first-order valence-corrected chi connectivity index (χ1v) is 6.04. The Kier molecular flexibility index (Phi) is 3.52. The van der Waals surface area contributed by atoms with Crippen molar-refractivity contribution in [3.05, 3.63) is 24.3 Å². The lowest BCUT2D eigenvalue weighted by Crippen LogP contribution is -2.38. The maximum absolute atomic E-state index is 5.92. The van der Waals surface area contributed by atoms with Crippen LogP contribution in [0, 0.1) is 0 Å². The van der Waals surface area contributed by atoms with Gasteiger partial charge in [0.05, 0.1) is 11.4 Å². The van der Waals surface area contributed by atoms with Gasteiger partial charge in [-0.3, -0.25) is 0 Å². The fourth-order valence-electron chi connectivity index (χ4n) is 2.07. The van der Waals surface area contributed by atoms with Crippen LogP contribution in [0.4, 0.5) is 11.4 Å². The van der Waals surface area contributed by atoms with Gasteiger partial charge < -0.3 is 15.5 Å². The Morgan fingerprint density at radius 3 is 2.47 bits per heavy atom. The third-order valence-electron chi connectivity index (χ3n) is 2.95. The summed E-state index contributed by atoms with van der Waals surface area (Å²) in [6, 6.07) is 7.73. The van der Waals surface area contributed by atoms with Gasteiger partial charge in [-0.2, -0.15) is 0 Å². The number of aliphatic imine (C=N–C) groups is 1. The van der Waals surface area contributed by atoms with Crippen molar-refractivity contribution in [2.75, 3.05) is 32.9 Å². The number of nitrogens with zero attached hydrogens (tertiary/aromatic N) is 3. The van der Waals surface area contributed by atoms with Crippen LogP contribution in [0.1, 0.15) is 12.8 Å². The van der Waals surface area contributed by atoms with Gasteiger partial charge in [-0.05, 0) is 25.0 Å². The summed E-state index contributed by atoms with van der Waals surface area (Å²) < 4.78 is 0. The van der Waals surface area contributed by atoms with E-state index < -0.39 is 0 Å². The minimum atomic E-state index is 0.728. The fraction of sp³-hybridized carbons (Fsp3) is 0.462. The van der Waals surface area contributed by atoms with Gasteiger partial charge in [-0.15, -0.1) is 0 Å². The molecule has 0 aliphatic carbocycles. The van der Waals surface area contributed by atoms with Gasteiger partial charge >= 0.3 is 0 Å². The smallest absolute Gasteiger partial charge is 0.201 e. The molecule has 2 N–H and O–H groups in total. The lowest BCUT2D eigenvalue weighted by atomic mass is 10.3. The molecule has 1 aliphatic heterocycles. The van der Waals surface area contributed by atoms with E-state index in [-0.39, 0.29) is 0 Å². The van der Waals surface area contributed by atoms with Crippen LogP contribution in [0.3, 0.4) is 0 Å². The highest BCUT2D eigenvalue weighted by atomic mass is 15.4. The SMILES string of the molecule is CN(C)C(=Nc1ccccc1N)N1CCCC1. The molecule has 1 saturated heterocycles. The molecule has 0 atom stereocenters. The van der Waals surface area contributed by atoms with E-state index in [1.807, 2.05) is 38.4 Å². The highest BCUT2D eigenvalue weighted by Crippen LogP contribution is 2.22. The normalized spacial score (nSPS) is 16.4. The Balaban J connectivity index is 2.29. The van der Waals surface area contributed by atoms with Crippen molar-refractivity contribution in [1.82, 2.24) is 9.80 Å². The van der Waals surface area contributed by atoms with Crippen LogP contribution in [0.25, 0.3) is 0 Å². The summed E-state index contributed by atoms with van der Waals surface area (Å²) in [5.74, 6) is 1.00. The number of hydrogen-bond acceptors (Lipinski definition) is 2. The molecular formula is C13H20N4. The second kappa shape index (κ2) is 5.08. The number of nitrogen functional groups attached to an aromatic ring is 1. The molecule has 2 rings (SSSR count). The molecule has 92 valence electrons. The first-order chi connectivity index (χ1) is 8.18. The summed E-state index contributed by atoms with van der Waals surface area (Å²) in [5.41, 5.74) is 7.50. The van der Waals surface area contributed by atoms with E-state index in [1.165, 1.54) is 12.8 Å². The van der Waals surface area contributed by atoms with Crippen LogP contribution < -0.4 is 5.73 Å². The zero-order valence-electron chi connectivity index (χ0n) is 10.6. The van der Waals surface area contributed by atoms with Crippen molar-refractivity contribution in [3.63, 3.8) is 0 Å². The summed E-state index contributed by atoms with van der Waals surface area (Å²) >= 11 is 0. The summed E-state index contributed by atoms with van der Waals surface area (Å²) in [6.07, 6.45) is 2.49. The zero-order valence-corrected chi connectivity index (χ0v) is 10.6. The Labute approximate surface area is 103 Å². The van der Waals surface area contributed by atoms with Crippen molar-refractivity contribution in [1.29, 1.82) is 0 Å². The molecule has 0 saturated carbocycles. The quantitative estimate of drug-likeness (QED) is 0.457. The number of rotatable bonds is 1. The average molecular weight is 232 g/mol. The van der Waals surface area contributed by atoms with E-state index >= 15 is 0 Å². The number of anilines is 1. The van der Waals surface area contributed by atoms with Crippen molar-refractivity contribution < 1.29 is 0 Å². The third-order valence-corrected chi connectivity index (χ3v) is 2.95. The number of nitrogens with two attached hydrogens (primary N) is 1. The molecule has 0 aromatic heterocycles. The minimum Gasteiger partial charge on any atom is -0.397 e. The van der Waals surface area contributed by atoms with Gasteiger partial charge in [0.1, 0.15) is 0 Å². The van der Waals surface area contributed by atoms with Gasteiger partial charge in [-0.1, -0.05) is 12.1 Å². The molecule has 0 amide bonds. The predicted octanol–water partition coefficient (Wildman–Crippen LogP) is 1.91. The summed E-state index contributed by atoms with van der Waals surface area (Å²) in [5, 5.41) is 0. The number of benzene rings is 1. The second-order valence-electron chi connectivity index (χ2n) is 4.56. The van der Waals surface area contributed by atoms with Crippen LogP contribution in [0.15, 0.2) is 29.3 Å². The lowest BCUT2D eigenvalue weighted by molar-refractivity contribution is 0.431. The van der Waals surface area contributed by atoms with Crippen molar-refractivity contribution in [3.8, 4) is 0 Å². The van der Waals surface area contributed by atoms with Crippen molar-refractivity contribution in [2.45, 2.75) is 12.8 Å². The molecule has 4 nitrogen and oxygen atoms in total. The van der Waals surface area contributed by atoms with Gasteiger partial charge in [0.2, 0.25) is 5.96 Å². The standard InChI is InChI=1S/C13H20N4/c1-16(2)13(17-9-5-6-10-17)15-12-8-4-3-7-11(12)14/h3-4,7-8H,5-6,9-10,14H2,1-2H3. The molecule has 0 unspecified atom stereocenters. The van der Waals surface area contributed by atoms with Crippen LogP contribution in [-0.4, -0.2) is 42.9 Å². The molecule has 1 aromatic carbocycles. The highest BCUT2D eigenvalue weighted by molar-refractivity contribution is 5.84. The maximum atomic E-state index is 5.92. The molecule has 1 heterocycles. The van der Waals surface area contributed by atoms with E-state index in [1.54, 1.807) is 0 Å². The molecule has 1 aliphatic rings. The number of guanidine groups is 1. The fourth-order valence-corrected chi connectivity index (χ4v) is 2.07. The van der Waals surface area contributed by atoms with Gasteiger partial charge in [0.15, 0.2) is 0 Å². The Hall–Kier alpha value is -1.71. The summed E-state index contributed by atoms with van der Waals surface area (Å²) in [7, 11) is 4.05. The van der Waals surface area contributed by atoms with E-state index in [9.17, 15) is 0 Å². The summed E-state index contributed by atoms with van der Waals surface area (Å²) in [6.45, 7) is 2.17. The molecule has 1 fully saturated rings. The predicted molar refractivity (Wildman–Crippen MR) is 72.4 cm³/mol. The number of likely N-dealkylation sites (tertiary alicyclic amines) is 1. The topological polar surface area (TPSA) is 44.9 Å². The van der Waals surface area contributed by atoms with Crippen molar-refractivity contribution >= 4 is 17.3 Å². The molecule has 1 aromatic rings. The van der Waals surface area contributed by atoms with Crippen LogP contribution in [0.2, 0.25) is 0 Å². The molecule has 4 heteroatoms. The monoisotopic (exact) mass is 232 g/mol. The first kappa shape index (κ1) is 11.8. The Bertz CT molecular complexity index is 406. The summed E-state index contributed by atoms with van der Waals surface area (Å²) in [4.78, 5) is 9.05. The van der Waals surface area contributed by atoms with E-state index in [0.717, 1.165) is 30.4 Å².